The summed E-state index contributed by atoms with van der Waals surface area (Å²) < 4.78 is 4.98. The number of benzene rings is 1. The second-order valence-electron chi connectivity index (χ2n) is 5.33. The van der Waals surface area contributed by atoms with Crippen molar-refractivity contribution in [2.45, 2.75) is 33.1 Å². The molecule has 1 aliphatic rings. The van der Waals surface area contributed by atoms with Crippen LogP contribution in [0.3, 0.4) is 0 Å². The third kappa shape index (κ3) is 3.00. The van der Waals surface area contributed by atoms with Gasteiger partial charge < -0.3 is 9.84 Å². The average molecular weight is 276 g/mol. The third-order valence-corrected chi connectivity index (χ3v) is 3.81. The Morgan fingerprint density at radius 2 is 2.25 bits per heavy atom. The van der Waals surface area contributed by atoms with Crippen molar-refractivity contribution in [3.8, 4) is 5.75 Å². The number of ether oxygens (including phenoxy) is 1. The van der Waals surface area contributed by atoms with Crippen LogP contribution in [0.2, 0.25) is 0 Å². The van der Waals surface area contributed by atoms with E-state index in [9.17, 15) is 14.7 Å². The number of hydrogen-bond acceptors (Lipinski definition) is 4. The topological polar surface area (TPSA) is 63.6 Å². The van der Waals surface area contributed by atoms with Gasteiger partial charge in [0.15, 0.2) is 5.78 Å². The van der Waals surface area contributed by atoms with E-state index in [4.69, 9.17) is 4.74 Å². The summed E-state index contributed by atoms with van der Waals surface area (Å²) in [4.78, 5) is 24.1. The van der Waals surface area contributed by atoms with Crippen molar-refractivity contribution >= 4 is 11.8 Å². The number of hydrogen-bond donors (Lipinski definition) is 1. The van der Waals surface area contributed by atoms with Gasteiger partial charge in [-0.15, -0.1) is 0 Å². The first-order chi connectivity index (χ1) is 9.52. The number of ketones is 1. The van der Waals surface area contributed by atoms with Crippen molar-refractivity contribution in [3.63, 3.8) is 0 Å². The van der Waals surface area contributed by atoms with Gasteiger partial charge in [0, 0.05) is 11.5 Å². The van der Waals surface area contributed by atoms with Crippen molar-refractivity contribution in [2.75, 3.05) is 6.61 Å². The van der Waals surface area contributed by atoms with E-state index in [1.165, 1.54) is 6.07 Å². The van der Waals surface area contributed by atoms with Crippen LogP contribution in [0.5, 0.6) is 5.75 Å². The van der Waals surface area contributed by atoms with Gasteiger partial charge in [-0.3, -0.25) is 9.59 Å². The van der Waals surface area contributed by atoms with Crippen LogP contribution in [0.15, 0.2) is 18.2 Å². The Labute approximate surface area is 118 Å². The van der Waals surface area contributed by atoms with Crippen LogP contribution in [0.1, 0.15) is 42.6 Å². The van der Waals surface area contributed by atoms with E-state index in [1.807, 2.05) is 0 Å². The zero-order valence-corrected chi connectivity index (χ0v) is 11.9. The van der Waals surface area contributed by atoms with E-state index >= 15 is 0 Å². The van der Waals surface area contributed by atoms with Gasteiger partial charge in [-0.05, 0) is 49.9 Å². The van der Waals surface area contributed by atoms with Crippen molar-refractivity contribution in [1.29, 1.82) is 0 Å². The van der Waals surface area contributed by atoms with Crippen LogP contribution in [-0.2, 0) is 16.0 Å². The summed E-state index contributed by atoms with van der Waals surface area (Å²) in [6.45, 7) is 3.95. The Kier molecular flexibility index (Phi) is 4.42. The van der Waals surface area contributed by atoms with Gasteiger partial charge >= 0.3 is 5.97 Å². The van der Waals surface area contributed by atoms with Crippen LogP contribution in [0.4, 0.5) is 0 Å². The van der Waals surface area contributed by atoms with E-state index in [-0.39, 0.29) is 29.3 Å². The predicted octanol–water partition coefficient (Wildman–Crippen LogP) is 2.73. The quantitative estimate of drug-likeness (QED) is 0.859. The minimum atomic E-state index is -0.262. The lowest BCUT2D eigenvalue weighted by atomic mass is 9.78. The average Bonchev–Trinajstić information content (AvgIpc) is 2.42. The molecule has 108 valence electrons. The maximum Gasteiger partial charge on any atom is 0.308 e. The number of fused-ring (bicyclic) bond motifs is 1. The predicted molar refractivity (Wildman–Crippen MR) is 74.7 cm³/mol. The van der Waals surface area contributed by atoms with Crippen LogP contribution >= 0.6 is 0 Å². The van der Waals surface area contributed by atoms with Crippen molar-refractivity contribution in [2.24, 2.45) is 11.8 Å². The molecule has 0 fully saturated rings. The summed E-state index contributed by atoms with van der Waals surface area (Å²) in [6, 6.07) is 4.86. The van der Waals surface area contributed by atoms with Gasteiger partial charge in [-0.25, -0.2) is 0 Å². The fourth-order valence-corrected chi connectivity index (χ4v) is 2.74. The van der Waals surface area contributed by atoms with Gasteiger partial charge in [0.25, 0.3) is 0 Å². The molecule has 4 heteroatoms. The number of phenolic OH excluding ortho intramolecular Hbond substituents is 1. The Hall–Kier alpha value is -1.84. The second-order valence-corrected chi connectivity index (χ2v) is 5.33. The van der Waals surface area contributed by atoms with E-state index in [2.05, 4.69) is 0 Å². The molecule has 0 spiro atoms. The minimum Gasteiger partial charge on any atom is -0.508 e. The molecule has 1 N–H and O–H groups in total. The lowest BCUT2D eigenvalue weighted by molar-refractivity contribution is -0.147. The van der Waals surface area contributed by atoms with Crippen molar-refractivity contribution in [1.82, 2.24) is 0 Å². The minimum absolute atomic E-state index is 0.0717. The summed E-state index contributed by atoms with van der Waals surface area (Å²) in [5.41, 5.74) is 1.57. The van der Waals surface area contributed by atoms with E-state index in [1.54, 1.807) is 26.0 Å². The molecular weight excluding hydrogens is 256 g/mol. The fraction of sp³-hybridized carbons (Fsp3) is 0.500. The van der Waals surface area contributed by atoms with Crippen molar-refractivity contribution in [3.05, 3.63) is 29.3 Å². The fourth-order valence-electron chi connectivity index (χ4n) is 2.74. The molecule has 1 aromatic carbocycles. The number of Topliss-reactive ketones (excluding diaryl/α,β-unsaturated/α-hetero) is 1. The van der Waals surface area contributed by atoms with Crippen LogP contribution in [-0.4, -0.2) is 23.5 Å². The molecule has 20 heavy (non-hydrogen) atoms. The molecule has 0 bridgehead atoms. The van der Waals surface area contributed by atoms with Crippen LogP contribution in [0.25, 0.3) is 0 Å². The van der Waals surface area contributed by atoms with Crippen LogP contribution < -0.4 is 0 Å². The smallest absolute Gasteiger partial charge is 0.308 e. The number of aromatic hydroxyl groups is 1. The first-order valence-electron chi connectivity index (χ1n) is 7.05. The Bertz CT molecular complexity index is 521. The Balaban J connectivity index is 2.08. The highest BCUT2D eigenvalue weighted by molar-refractivity contribution is 6.00. The first-order valence-corrected chi connectivity index (χ1v) is 7.05. The van der Waals surface area contributed by atoms with Gasteiger partial charge in [0.05, 0.1) is 12.5 Å². The molecule has 2 rings (SSSR count). The molecule has 0 saturated carbocycles. The van der Waals surface area contributed by atoms with Crippen LogP contribution in [0, 0.1) is 11.8 Å². The zero-order valence-electron chi connectivity index (χ0n) is 11.9. The normalized spacial score (nSPS) is 19.3. The molecule has 1 aliphatic carbocycles. The highest BCUT2D eigenvalue weighted by atomic mass is 16.5. The Morgan fingerprint density at radius 1 is 1.50 bits per heavy atom. The molecule has 0 aliphatic heterocycles. The van der Waals surface area contributed by atoms with E-state index < -0.39 is 0 Å². The maximum atomic E-state index is 12.4. The molecule has 4 nitrogen and oxygen atoms in total. The van der Waals surface area contributed by atoms with Crippen molar-refractivity contribution < 1.29 is 19.4 Å². The summed E-state index contributed by atoms with van der Waals surface area (Å²) >= 11 is 0. The Morgan fingerprint density at radius 3 is 2.95 bits per heavy atom. The third-order valence-electron chi connectivity index (χ3n) is 3.81. The lowest BCUT2D eigenvalue weighted by Gasteiger charge is -2.25. The number of carbonyl (C=O) groups is 2. The molecule has 0 amide bonds. The van der Waals surface area contributed by atoms with Gasteiger partial charge in [0.2, 0.25) is 0 Å². The van der Waals surface area contributed by atoms with E-state index in [0.717, 1.165) is 18.4 Å². The van der Waals surface area contributed by atoms with Gasteiger partial charge in [-0.1, -0.05) is 6.92 Å². The van der Waals surface area contributed by atoms with Gasteiger partial charge in [0.1, 0.15) is 5.75 Å². The molecular formula is C16H20O4. The largest absolute Gasteiger partial charge is 0.508 e. The monoisotopic (exact) mass is 276 g/mol. The number of rotatable bonds is 4. The molecule has 1 aromatic rings. The molecule has 2 atom stereocenters. The molecule has 0 aromatic heterocycles. The number of aryl methyl sites for hydroxylation is 1. The number of carbonyl (C=O) groups excluding carboxylic acids is 2. The molecule has 0 saturated heterocycles. The number of phenols is 1. The highest BCUT2D eigenvalue weighted by Gasteiger charge is 2.30. The maximum absolute atomic E-state index is 12.4. The SMILES string of the molecule is CCOC(=O)C(C)CC1CCc2cc(O)ccc2C1=O. The standard InChI is InChI=1S/C16H20O4/c1-3-20-16(19)10(2)8-12-5-4-11-9-13(17)6-7-14(11)15(12)18/h6-7,9-10,12,17H,3-5,8H2,1-2H3. The summed E-state index contributed by atoms with van der Waals surface area (Å²) in [7, 11) is 0. The zero-order chi connectivity index (χ0) is 14.7. The van der Waals surface area contributed by atoms with Gasteiger partial charge in [-0.2, -0.15) is 0 Å². The second kappa shape index (κ2) is 6.07. The summed E-state index contributed by atoms with van der Waals surface area (Å²) in [5, 5.41) is 9.45. The lowest BCUT2D eigenvalue weighted by Crippen LogP contribution is -2.27. The molecule has 0 heterocycles. The molecule has 2 unspecified atom stereocenters. The molecule has 0 radical (unpaired) electrons. The first kappa shape index (κ1) is 14.6. The van der Waals surface area contributed by atoms with E-state index in [0.29, 0.717) is 18.6 Å². The number of esters is 1. The summed E-state index contributed by atoms with van der Waals surface area (Å²) in [6.07, 6.45) is 2.01. The summed E-state index contributed by atoms with van der Waals surface area (Å²) in [5.74, 6) is -0.372. The highest BCUT2D eigenvalue weighted by Crippen LogP contribution is 2.31.